The van der Waals surface area contributed by atoms with Crippen molar-refractivity contribution in [2.45, 2.75) is 51.6 Å². The van der Waals surface area contributed by atoms with Crippen LogP contribution in [0.25, 0.3) is 0 Å². The molecule has 2 heterocycles. The Hall–Kier alpha value is -0.770. The van der Waals surface area contributed by atoms with Gasteiger partial charge in [0.15, 0.2) is 0 Å². The second-order valence-electron chi connectivity index (χ2n) is 5.49. The van der Waals surface area contributed by atoms with Gasteiger partial charge in [0.25, 0.3) is 0 Å². The van der Waals surface area contributed by atoms with Crippen LogP contribution in [0.3, 0.4) is 0 Å². The number of nitrogens with zero attached hydrogens (tertiary/aromatic N) is 2. The first-order chi connectivity index (χ1) is 8.18. The molecule has 0 aromatic rings. The summed E-state index contributed by atoms with van der Waals surface area (Å²) in [5, 5.41) is 3.42. The summed E-state index contributed by atoms with van der Waals surface area (Å²) in [6.07, 6.45) is 4.89. The molecular formula is C13H25N3O. The van der Waals surface area contributed by atoms with Crippen LogP contribution in [0.5, 0.6) is 0 Å². The van der Waals surface area contributed by atoms with E-state index in [2.05, 4.69) is 24.1 Å². The molecule has 0 aromatic heterocycles. The van der Waals surface area contributed by atoms with Gasteiger partial charge in [-0.25, -0.2) is 4.79 Å². The predicted octanol–water partition coefficient (Wildman–Crippen LogP) is 1.66. The maximum absolute atomic E-state index is 12.5. The number of rotatable bonds is 0. The Morgan fingerprint density at radius 3 is 2.41 bits per heavy atom. The largest absolute Gasteiger partial charge is 0.325 e. The summed E-state index contributed by atoms with van der Waals surface area (Å²) in [4.78, 5) is 16.6. The summed E-state index contributed by atoms with van der Waals surface area (Å²) in [5.41, 5.74) is 0. The van der Waals surface area contributed by atoms with Gasteiger partial charge in [-0.15, -0.1) is 0 Å². The van der Waals surface area contributed by atoms with Crippen molar-refractivity contribution in [3.63, 3.8) is 0 Å². The van der Waals surface area contributed by atoms with Gasteiger partial charge >= 0.3 is 6.03 Å². The van der Waals surface area contributed by atoms with Gasteiger partial charge < -0.3 is 15.1 Å². The summed E-state index contributed by atoms with van der Waals surface area (Å²) in [6.45, 7) is 7.94. The van der Waals surface area contributed by atoms with Crippen LogP contribution in [0.2, 0.25) is 0 Å². The molecule has 0 aliphatic carbocycles. The first-order valence-corrected chi connectivity index (χ1v) is 6.97. The number of urea groups is 1. The lowest BCUT2D eigenvalue weighted by atomic mass is 10.1. The van der Waals surface area contributed by atoms with Crippen LogP contribution in [0, 0.1) is 0 Å². The zero-order valence-electron chi connectivity index (χ0n) is 11.1. The smallest absolute Gasteiger partial charge is 0.320 e. The third-order valence-electron chi connectivity index (χ3n) is 3.89. The average Bonchev–Trinajstić information content (AvgIpc) is 2.60. The highest BCUT2D eigenvalue weighted by Gasteiger charge is 2.29. The van der Waals surface area contributed by atoms with Gasteiger partial charge in [0.05, 0.1) is 0 Å². The Kier molecular flexibility index (Phi) is 4.26. The quantitative estimate of drug-likeness (QED) is 0.698. The van der Waals surface area contributed by atoms with Gasteiger partial charge in [0.2, 0.25) is 0 Å². The highest BCUT2D eigenvalue weighted by Crippen LogP contribution is 2.15. The minimum absolute atomic E-state index is 0.257. The fourth-order valence-electron chi connectivity index (χ4n) is 2.73. The third kappa shape index (κ3) is 3.12. The number of hydrogen-bond donors (Lipinski definition) is 1. The zero-order valence-corrected chi connectivity index (χ0v) is 11.1. The van der Waals surface area contributed by atoms with Crippen molar-refractivity contribution in [1.29, 1.82) is 0 Å². The Labute approximate surface area is 104 Å². The zero-order chi connectivity index (χ0) is 12.3. The molecule has 2 unspecified atom stereocenters. The van der Waals surface area contributed by atoms with E-state index in [0.717, 1.165) is 26.2 Å². The molecule has 2 amide bonds. The van der Waals surface area contributed by atoms with Crippen molar-refractivity contribution in [3.8, 4) is 0 Å². The maximum Gasteiger partial charge on any atom is 0.320 e. The Morgan fingerprint density at radius 1 is 1.12 bits per heavy atom. The Morgan fingerprint density at radius 2 is 1.76 bits per heavy atom. The average molecular weight is 239 g/mol. The van der Waals surface area contributed by atoms with Crippen LogP contribution in [-0.4, -0.2) is 54.1 Å². The molecule has 2 aliphatic rings. The second kappa shape index (κ2) is 5.71. The van der Waals surface area contributed by atoms with Crippen LogP contribution in [-0.2, 0) is 0 Å². The molecule has 2 saturated heterocycles. The van der Waals surface area contributed by atoms with Crippen molar-refractivity contribution < 1.29 is 4.79 Å². The topological polar surface area (TPSA) is 35.6 Å². The van der Waals surface area contributed by atoms with Crippen LogP contribution in [0.15, 0.2) is 0 Å². The summed E-state index contributed by atoms with van der Waals surface area (Å²) in [7, 11) is 0. The number of likely N-dealkylation sites (tertiary alicyclic amines) is 1. The Bertz CT molecular complexity index is 261. The molecule has 0 spiro atoms. The van der Waals surface area contributed by atoms with E-state index >= 15 is 0 Å². The number of piperazine rings is 1. The van der Waals surface area contributed by atoms with Crippen LogP contribution >= 0.6 is 0 Å². The minimum atomic E-state index is 0.257. The fourth-order valence-corrected chi connectivity index (χ4v) is 2.73. The van der Waals surface area contributed by atoms with Gasteiger partial charge in [-0.3, -0.25) is 0 Å². The van der Waals surface area contributed by atoms with Crippen LogP contribution in [0.4, 0.5) is 4.79 Å². The molecule has 17 heavy (non-hydrogen) atoms. The lowest BCUT2D eigenvalue weighted by Crippen LogP contribution is -2.59. The van der Waals surface area contributed by atoms with Crippen molar-refractivity contribution in [2.24, 2.45) is 0 Å². The molecule has 0 saturated carbocycles. The maximum atomic E-state index is 12.5. The number of hydrogen-bond acceptors (Lipinski definition) is 2. The SMILES string of the molecule is CC1CN(C(=O)N2CCCCCC2)C(C)CN1. The molecule has 2 rings (SSSR count). The summed E-state index contributed by atoms with van der Waals surface area (Å²) < 4.78 is 0. The molecule has 98 valence electrons. The number of nitrogens with one attached hydrogen (secondary N) is 1. The van der Waals surface area contributed by atoms with Gasteiger partial charge in [-0.05, 0) is 26.7 Å². The molecule has 0 bridgehead atoms. The lowest BCUT2D eigenvalue weighted by molar-refractivity contribution is 0.116. The van der Waals surface area contributed by atoms with Crippen molar-refractivity contribution in [2.75, 3.05) is 26.2 Å². The molecule has 2 fully saturated rings. The summed E-state index contributed by atoms with van der Waals surface area (Å²) >= 11 is 0. The van der Waals surface area contributed by atoms with E-state index in [-0.39, 0.29) is 6.03 Å². The van der Waals surface area contributed by atoms with Gasteiger partial charge in [-0.1, -0.05) is 12.8 Å². The molecule has 0 aromatic carbocycles. The number of carbonyl (C=O) groups is 1. The molecule has 1 N–H and O–H groups in total. The van der Waals surface area contributed by atoms with E-state index in [4.69, 9.17) is 0 Å². The Balaban J connectivity index is 1.96. The van der Waals surface area contributed by atoms with Gasteiger partial charge in [0.1, 0.15) is 0 Å². The second-order valence-corrected chi connectivity index (χ2v) is 5.49. The summed E-state index contributed by atoms with van der Waals surface area (Å²) in [6, 6.07) is 0.997. The van der Waals surface area contributed by atoms with Gasteiger partial charge in [0, 0.05) is 38.3 Å². The molecule has 0 radical (unpaired) electrons. The van der Waals surface area contributed by atoms with E-state index in [1.165, 1.54) is 25.7 Å². The molecule has 2 aliphatic heterocycles. The van der Waals surface area contributed by atoms with Crippen molar-refractivity contribution >= 4 is 6.03 Å². The van der Waals surface area contributed by atoms with Crippen molar-refractivity contribution in [1.82, 2.24) is 15.1 Å². The molecular weight excluding hydrogens is 214 g/mol. The van der Waals surface area contributed by atoms with E-state index in [1.807, 2.05) is 4.90 Å². The minimum Gasteiger partial charge on any atom is -0.325 e. The highest BCUT2D eigenvalue weighted by atomic mass is 16.2. The molecule has 2 atom stereocenters. The molecule has 4 nitrogen and oxygen atoms in total. The number of carbonyl (C=O) groups excluding carboxylic acids is 1. The standard InChI is InChI=1S/C13H25N3O/c1-11-10-16(12(2)9-14-11)13(17)15-7-5-3-4-6-8-15/h11-12,14H,3-10H2,1-2H3. The summed E-state index contributed by atoms with van der Waals surface area (Å²) in [5.74, 6) is 0. The van der Waals surface area contributed by atoms with Crippen LogP contribution in [0.1, 0.15) is 39.5 Å². The normalized spacial score (nSPS) is 31.2. The molecule has 4 heteroatoms. The third-order valence-corrected chi connectivity index (χ3v) is 3.89. The van der Waals surface area contributed by atoms with Crippen molar-refractivity contribution in [3.05, 3.63) is 0 Å². The fraction of sp³-hybridized carbons (Fsp3) is 0.923. The first-order valence-electron chi connectivity index (χ1n) is 6.97. The van der Waals surface area contributed by atoms with E-state index < -0.39 is 0 Å². The van der Waals surface area contributed by atoms with Gasteiger partial charge in [-0.2, -0.15) is 0 Å². The van der Waals surface area contributed by atoms with E-state index in [1.54, 1.807) is 0 Å². The predicted molar refractivity (Wildman–Crippen MR) is 69.1 cm³/mol. The first kappa shape index (κ1) is 12.7. The lowest BCUT2D eigenvalue weighted by Gasteiger charge is -2.40. The number of amides is 2. The van der Waals surface area contributed by atoms with Crippen LogP contribution < -0.4 is 5.32 Å². The van der Waals surface area contributed by atoms with E-state index in [0.29, 0.717) is 12.1 Å². The monoisotopic (exact) mass is 239 g/mol. The highest BCUT2D eigenvalue weighted by molar-refractivity contribution is 5.75. The van der Waals surface area contributed by atoms with E-state index in [9.17, 15) is 4.79 Å².